The number of rotatable bonds is 6. The molecular formula is C17H17N5O2. The Morgan fingerprint density at radius 1 is 1.25 bits per heavy atom. The molecule has 0 aliphatic rings. The molecule has 2 heterocycles. The Morgan fingerprint density at radius 3 is 2.88 bits per heavy atom. The average molecular weight is 323 g/mol. The highest BCUT2D eigenvalue weighted by atomic mass is 16.5. The van der Waals surface area contributed by atoms with Gasteiger partial charge in [0, 0.05) is 29.7 Å². The molecule has 122 valence electrons. The van der Waals surface area contributed by atoms with Crippen LogP contribution in [-0.4, -0.2) is 34.5 Å². The van der Waals surface area contributed by atoms with Crippen LogP contribution < -0.4 is 15.4 Å². The lowest BCUT2D eigenvalue weighted by molar-refractivity contribution is -0.114. The molecule has 3 rings (SSSR count). The van der Waals surface area contributed by atoms with Gasteiger partial charge in [-0.1, -0.05) is 6.07 Å². The molecule has 0 radical (unpaired) electrons. The van der Waals surface area contributed by atoms with E-state index in [4.69, 9.17) is 4.74 Å². The summed E-state index contributed by atoms with van der Waals surface area (Å²) >= 11 is 0. The number of pyridine rings is 1. The first-order valence-corrected chi connectivity index (χ1v) is 7.38. The molecule has 7 heteroatoms. The summed E-state index contributed by atoms with van der Waals surface area (Å²) in [6.45, 7) is 0.0977. The molecule has 3 N–H and O–H groups in total. The molecule has 0 saturated heterocycles. The van der Waals surface area contributed by atoms with Crippen LogP contribution in [0.1, 0.15) is 0 Å². The Labute approximate surface area is 139 Å². The molecule has 0 aliphatic heterocycles. The molecule has 24 heavy (non-hydrogen) atoms. The molecule has 0 saturated carbocycles. The largest absolute Gasteiger partial charge is 0.497 e. The average Bonchev–Trinajstić information content (AvgIpc) is 3.10. The topological polar surface area (TPSA) is 91.9 Å². The minimum Gasteiger partial charge on any atom is -0.497 e. The Morgan fingerprint density at radius 2 is 2.08 bits per heavy atom. The van der Waals surface area contributed by atoms with Crippen LogP contribution in [-0.2, 0) is 4.79 Å². The zero-order valence-corrected chi connectivity index (χ0v) is 13.1. The van der Waals surface area contributed by atoms with Crippen molar-refractivity contribution in [1.82, 2.24) is 15.0 Å². The van der Waals surface area contributed by atoms with E-state index in [0.29, 0.717) is 17.4 Å². The number of aromatic nitrogens is 3. The van der Waals surface area contributed by atoms with Crippen LogP contribution in [0.5, 0.6) is 5.75 Å². The van der Waals surface area contributed by atoms with Crippen molar-refractivity contribution in [3.63, 3.8) is 0 Å². The second kappa shape index (κ2) is 7.28. The lowest BCUT2D eigenvalue weighted by atomic mass is 10.2. The summed E-state index contributed by atoms with van der Waals surface area (Å²) in [5, 5.41) is 5.75. The van der Waals surface area contributed by atoms with E-state index in [1.165, 1.54) is 0 Å². The fourth-order valence-corrected chi connectivity index (χ4v) is 2.16. The van der Waals surface area contributed by atoms with E-state index in [2.05, 4.69) is 25.6 Å². The molecule has 0 fully saturated rings. The van der Waals surface area contributed by atoms with Crippen LogP contribution >= 0.6 is 0 Å². The van der Waals surface area contributed by atoms with Gasteiger partial charge in [0.1, 0.15) is 5.75 Å². The van der Waals surface area contributed by atoms with Gasteiger partial charge >= 0.3 is 0 Å². The summed E-state index contributed by atoms with van der Waals surface area (Å²) in [4.78, 5) is 23.3. The second-order valence-corrected chi connectivity index (χ2v) is 5.02. The summed E-state index contributed by atoms with van der Waals surface area (Å²) < 4.78 is 5.12. The highest BCUT2D eigenvalue weighted by Gasteiger charge is 2.06. The highest BCUT2D eigenvalue weighted by Crippen LogP contribution is 2.18. The molecule has 7 nitrogen and oxygen atoms in total. The maximum absolute atomic E-state index is 12.0. The van der Waals surface area contributed by atoms with E-state index in [0.717, 1.165) is 11.3 Å². The van der Waals surface area contributed by atoms with E-state index in [1.807, 2.05) is 24.3 Å². The van der Waals surface area contributed by atoms with Crippen LogP contribution in [0.3, 0.4) is 0 Å². The summed E-state index contributed by atoms with van der Waals surface area (Å²) in [6, 6.07) is 11.0. The molecular weight excluding hydrogens is 306 g/mol. The van der Waals surface area contributed by atoms with Crippen molar-refractivity contribution in [3.8, 4) is 17.0 Å². The van der Waals surface area contributed by atoms with E-state index < -0.39 is 0 Å². The number of imidazole rings is 1. The second-order valence-electron chi connectivity index (χ2n) is 5.02. The van der Waals surface area contributed by atoms with E-state index in [9.17, 15) is 4.79 Å². The minimum atomic E-state index is -0.176. The molecule has 1 aromatic carbocycles. The summed E-state index contributed by atoms with van der Waals surface area (Å²) in [7, 11) is 1.58. The number of aromatic amines is 1. The fraction of sp³-hybridized carbons (Fsp3) is 0.118. The zero-order valence-electron chi connectivity index (χ0n) is 13.1. The van der Waals surface area contributed by atoms with Gasteiger partial charge in [0.2, 0.25) is 11.9 Å². The van der Waals surface area contributed by atoms with Gasteiger partial charge in [0.25, 0.3) is 0 Å². The standard InChI is InChI=1S/C17H17N5O2/c1-24-14-4-2-3-13(9-14)21-16(23)11-20-17-19-10-15(22-17)12-5-7-18-8-6-12/h2-10H,11H2,1H3,(H,21,23)(H2,19,20,22). The number of ether oxygens (including phenoxy) is 1. The third-order valence-electron chi connectivity index (χ3n) is 3.34. The number of amides is 1. The Kier molecular flexibility index (Phi) is 4.71. The van der Waals surface area contributed by atoms with Gasteiger partial charge in [0.15, 0.2) is 0 Å². The maximum Gasteiger partial charge on any atom is 0.243 e. The van der Waals surface area contributed by atoms with Crippen LogP contribution in [0.4, 0.5) is 11.6 Å². The molecule has 0 unspecified atom stereocenters. The first kappa shape index (κ1) is 15.5. The van der Waals surface area contributed by atoms with Gasteiger partial charge in [-0.15, -0.1) is 0 Å². The molecule has 0 aliphatic carbocycles. The number of anilines is 2. The Balaban J connectivity index is 1.56. The first-order valence-electron chi connectivity index (χ1n) is 7.38. The van der Waals surface area contributed by atoms with Crippen LogP contribution in [0.2, 0.25) is 0 Å². The monoisotopic (exact) mass is 323 g/mol. The lowest BCUT2D eigenvalue weighted by Gasteiger charge is -2.07. The van der Waals surface area contributed by atoms with Crippen LogP contribution in [0.25, 0.3) is 11.3 Å². The maximum atomic E-state index is 12.0. The van der Waals surface area contributed by atoms with Crippen molar-refractivity contribution in [2.45, 2.75) is 0 Å². The van der Waals surface area contributed by atoms with Gasteiger partial charge < -0.3 is 20.4 Å². The first-order chi connectivity index (χ1) is 11.7. The molecule has 0 spiro atoms. The highest BCUT2D eigenvalue weighted by molar-refractivity contribution is 5.93. The summed E-state index contributed by atoms with van der Waals surface area (Å²) in [6.07, 6.45) is 5.13. The van der Waals surface area contributed by atoms with Crippen molar-refractivity contribution >= 4 is 17.5 Å². The minimum absolute atomic E-state index is 0.0977. The third kappa shape index (κ3) is 3.89. The number of nitrogens with one attached hydrogen (secondary N) is 3. The SMILES string of the molecule is COc1cccc(NC(=O)CNc2ncc(-c3ccncc3)[nH]2)c1. The number of nitrogens with zero attached hydrogens (tertiary/aromatic N) is 2. The van der Waals surface area contributed by atoms with Crippen LogP contribution in [0.15, 0.2) is 55.0 Å². The number of hydrogen-bond donors (Lipinski definition) is 3. The van der Waals surface area contributed by atoms with Gasteiger partial charge in [-0.2, -0.15) is 0 Å². The predicted octanol–water partition coefficient (Wildman–Crippen LogP) is 2.53. The summed E-state index contributed by atoms with van der Waals surface area (Å²) in [5.74, 6) is 1.04. The van der Waals surface area contributed by atoms with Gasteiger partial charge in [-0.05, 0) is 24.3 Å². The molecule has 1 amide bonds. The van der Waals surface area contributed by atoms with Crippen molar-refractivity contribution in [2.24, 2.45) is 0 Å². The van der Waals surface area contributed by atoms with E-state index in [-0.39, 0.29) is 12.5 Å². The smallest absolute Gasteiger partial charge is 0.243 e. The van der Waals surface area contributed by atoms with E-state index in [1.54, 1.807) is 37.8 Å². The Hall–Kier alpha value is -3.35. The number of benzene rings is 1. The van der Waals surface area contributed by atoms with E-state index >= 15 is 0 Å². The predicted molar refractivity (Wildman–Crippen MR) is 91.9 cm³/mol. The number of H-pyrrole nitrogens is 1. The fourth-order valence-electron chi connectivity index (χ4n) is 2.16. The quantitative estimate of drug-likeness (QED) is 0.648. The lowest BCUT2D eigenvalue weighted by Crippen LogP contribution is -2.22. The zero-order chi connectivity index (χ0) is 16.8. The number of carbonyl (C=O) groups is 1. The van der Waals surface area contributed by atoms with Gasteiger partial charge in [-0.25, -0.2) is 4.98 Å². The molecule has 0 atom stereocenters. The number of carbonyl (C=O) groups excluding carboxylic acids is 1. The summed E-state index contributed by atoms with van der Waals surface area (Å²) in [5.41, 5.74) is 2.51. The molecule has 2 aromatic heterocycles. The number of hydrogen-bond acceptors (Lipinski definition) is 5. The van der Waals surface area contributed by atoms with Gasteiger partial charge in [-0.3, -0.25) is 9.78 Å². The third-order valence-corrected chi connectivity index (χ3v) is 3.34. The molecule has 0 bridgehead atoms. The van der Waals surface area contributed by atoms with Crippen LogP contribution in [0, 0.1) is 0 Å². The normalized spacial score (nSPS) is 10.2. The molecule has 3 aromatic rings. The van der Waals surface area contributed by atoms with Crippen molar-refractivity contribution < 1.29 is 9.53 Å². The van der Waals surface area contributed by atoms with Crippen molar-refractivity contribution in [3.05, 3.63) is 55.0 Å². The number of methoxy groups -OCH3 is 1. The van der Waals surface area contributed by atoms with Gasteiger partial charge in [0.05, 0.1) is 25.5 Å². The van der Waals surface area contributed by atoms with Crippen molar-refractivity contribution in [2.75, 3.05) is 24.3 Å². The van der Waals surface area contributed by atoms with Crippen molar-refractivity contribution in [1.29, 1.82) is 0 Å². The Bertz CT molecular complexity index is 817.